The van der Waals surface area contributed by atoms with E-state index >= 15 is 0 Å². The first-order valence-corrected chi connectivity index (χ1v) is 13.0. The van der Waals surface area contributed by atoms with Gasteiger partial charge in [0.1, 0.15) is 11.6 Å². The van der Waals surface area contributed by atoms with Gasteiger partial charge in [0.05, 0.1) is 28.4 Å². The van der Waals surface area contributed by atoms with Crippen LogP contribution in [0, 0.1) is 11.6 Å². The van der Waals surface area contributed by atoms with E-state index in [0.29, 0.717) is 28.8 Å². The summed E-state index contributed by atoms with van der Waals surface area (Å²) in [6.07, 6.45) is -5.00. The number of fused-ring (bicyclic) bond motifs is 1. The summed E-state index contributed by atoms with van der Waals surface area (Å²) >= 11 is 6.29. The number of rotatable bonds is 6. The predicted octanol–water partition coefficient (Wildman–Crippen LogP) is 5.71. The van der Waals surface area contributed by atoms with E-state index in [1.54, 1.807) is 6.07 Å². The second-order valence-electron chi connectivity index (χ2n) is 8.56. The van der Waals surface area contributed by atoms with Crippen LogP contribution in [0.1, 0.15) is 27.8 Å². The zero-order valence-corrected chi connectivity index (χ0v) is 20.7. The SMILES string of the molecule is O=C(Cc1ccc(C(F)(F)F)c(F)c1)Nc1c(Cl)ccc2c1CCN(S(=O)(=O)Cc1ccc(F)cc1)C2. The second kappa shape index (κ2) is 10.4. The third-order valence-corrected chi connectivity index (χ3v) is 8.05. The first kappa shape index (κ1) is 27.0. The molecule has 0 aromatic heterocycles. The molecule has 0 spiro atoms. The van der Waals surface area contributed by atoms with Gasteiger partial charge in [0.25, 0.3) is 0 Å². The number of benzene rings is 3. The van der Waals surface area contributed by atoms with E-state index < -0.39 is 45.7 Å². The minimum atomic E-state index is -4.85. The molecule has 4 rings (SSSR count). The van der Waals surface area contributed by atoms with Gasteiger partial charge in [0.2, 0.25) is 15.9 Å². The maximum absolute atomic E-state index is 13.9. The van der Waals surface area contributed by atoms with Crippen molar-refractivity contribution in [2.45, 2.75) is 31.3 Å². The molecule has 12 heteroatoms. The summed E-state index contributed by atoms with van der Waals surface area (Å²) in [4.78, 5) is 12.6. The number of anilines is 1. The Kier molecular flexibility index (Phi) is 7.59. The Morgan fingerprint density at radius 1 is 1.00 bits per heavy atom. The van der Waals surface area contributed by atoms with E-state index in [2.05, 4.69) is 5.32 Å². The predicted molar refractivity (Wildman–Crippen MR) is 128 cm³/mol. The molecule has 0 bridgehead atoms. The zero-order valence-electron chi connectivity index (χ0n) is 19.1. The number of nitrogens with zero attached hydrogens (tertiary/aromatic N) is 1. The van der Waals surface area contributed by atoms with Crippen LogP contribution in [0.25, 0.3) is 0 Å². The van der Waals surface area contributed by atoms with E-state index in [9.17, 15) is 35.2 Å². The monoisotopic (exact) mass is 558 g/mol. The molecule has 3 aromatic rings. The third-order valence-electron chi connectivity index (χ3n) is 5.94. The zero-order chi connectivity index (χ0) is 27.0. The van der Waals surface area contributed by atoms with Crippen LogP contribution in [-0.4, -0.2) is 25.2 Å². The van der Waals surface area contributed by atoms with Crippen LogP contribution in [-0.2, 0) is 46.1 Å². The fourth-order valence-corrected chi connectivity index (χ4v) is 5.85. The summed E-state index contributed by atoms with van der Waals surface area (Å²) in [5, 5.41) is 2.83. The average Bonchev–Trinajstić information content (AvgIpc) is 2.81. The summed E-state index contributed by atoms with van der Waals surface area (Å²) in [5.74, 6) is -2.87. The quantitative estimate of drug-likeness (QED) is 0.394. The molecule has 1 aliphatic heterocycles. The van der Waals surface area contributed by atoms with Crippen molar-refractivity contribution in [3.05, 3.63) is 99.1 Å². The normalized spacial score (nSPS) is 14.3. The molecule has 3 aromatic carbocycles. The summed E-state index contributed by atoms with van der Waals surface area (Å²) < 4.78 is 92.5. The number of halogens is 6. The fourth-order valence-electron chi connectivity index (χ4n) is 4.12. The van der Waals surface area contributed by atoms with Crippen LogP contribution >= 0.6 is 11.6 Å². The molecule has 0 saturated heterocycles. The molecule has 5 nitrogen and oxygen atoms in total. The van der Waals surface area contributed by atoms with Gasteiger partial charge in [-0.1, -0.05) is 35.9 Å². The van der Waals surface area contributed by atoms with Crippen LogP contribution in [0.4, 0.5) is 27.6 Å². The molecule has 0 aliphatic carbocycles. The Hall–Kier alpha value is -3.02. The lowest BCUT2D eigenvalue weighted by Crippen LogP contribution is -2.37. The van der Waals surface area contributed by atoms with Crippen molar-refractivity contribution in [2.75, 3.05) is 11.9 Å². The van der Waals surface area contributed by atoms with Gasteiger partial charge in [-0.15, -0.1) is 0 Å². The molecular weight excluding hydrogens is 539 g/mol. The van der Waals surface area contributed by atoms with E-state index in [1.807, 2.05) is 0 Å². The molecule has 1 aliphatic rings. The number of carbonyl (C=O) groups is 1. The smallest absolute Gasteiger partial charge is 0.324 e. The highest BCUT2D eigenvalue weighted by Gasteiger charge is 2.34. The lowest BCUT2D eigenvalue weighted by Gasteiger charge is -2.30. The van der Waals surface area contributed by atoms with Crippen LogP contribution < -0.4 is 5.32 Å². The molecule has 0 atom stereocenters. The van der Waals surface area contributed by atoms with Crippen LogP contribution in [0.15, 0.2) is 54.6 Å². The van der Waals surface area contributed by atoms with Crippen LogP contribution in [0.3, 0.4) is 0 Å². The second-order valence-corrected chi connectivity index (χ2v) is 10.9. The van der Waals surface area contributed by atoms with Gasteiger partial charge in [-0.25, -0.2) is 17.2 Å². The Morgan fingerprint density at radius 2 is 1.68 bits per heavy atom. The number of carbonyl (C=O) groups excluding carboxylic acids is 1. The van der Waals surface area contributed by atoms with E-state index in [4.69, 9.17) is 11.6 Å². The Balaban J connectivity index is 1.48. The Labute approximate surface area is 214 Å². The van der Waals surface area contributed by atoms with Crippen molar-refractivity contribution < 1.29 is 35.2 Å². The molecule has 1 heterocycles. The standard InChI is InChI=1S/C25H20ClF5N2O3S/c26-21-8-4-17-13-33(37(35,36)14-15-1-5-18(27)6-2-15)10-9-19(17)24(21)32-23(34)12-16-3-7-20(22(28)11-16)25(29,30)31/h1-8,11H,9-10,12-14H2,(H,32,34). The highest BCUT2D eigenvalue weighted by molar-refractivity contribution is 7.88. The van der Waals surface area contributed by atoms with Gasteiger partial charge < -0.3 is 5.32 Å². The third kappa shape index (κ3) is 6.28. The van der Waals surface area contributed by atoms with Gasteiger partial charge in [-0.3, -0.25) is 4.79 Å². The summed E-state index contributed by atoms with van der Waals surface area (Å²) in [6.45, 7) is 0.146. The maximum Gasteiger partial charge on any atom is 0.419 e. The van der Waals surface area contributed by atoms with Crippen molar-refractivity contribution >= 4 is 33.2 Å². The highest BCUT2D eigenvalue weighted by Crippen LogP contribution is 2.35. The minimum absolute atomic E-state index is 0.0308. The maximum atomic E-state index is 13.9. The average molecular weight is 559 g/mol. The number of sulfonamides is 1. The number of amides is 1. The number of hydrogen-bond acceptors (Lipinski definition) is 3. The molecule has 0 unspecified atom stereocenters. The first-order valence-electron chi connectivity index (χ1n) is 11.0. The van der Waals surface area contributed by atoms with Gasteiger partial charge in [-0.2, -0.15) is 17.5 Å². The Bertz CT molecular complexity index is 1440. The molecule has 0 fully saturated rings. The minimum Gasteiger partial charge on any atom is -0.324 e. The number of hydrogen-bond donors (Lipinski definition) is 1. The van der Waals surface area contributed by atoms with Crippen LogP contribution in [0.5, 0.6) is 0 Å². The van der Waals surface area contributed by atoms with Crippen molar-refractivity contribution in [3.63, 3.8) is 0 Å². The molecule has 1 N–H and O–H groups in total. The lowest BCUT2D eigenvalue weighted by molar-refractivity contribution is -0.140. The number of alkyl halides is 3. The van der Waals surface area contributed by atoms with Crippen molar-refractivity contribution in [1.29, 1.82) is 0 Å². The first-order chi connectivity index (χ1) is 17.3. The summed E-state index contributed by atoms with van der Waals surface area (Å²) in [5.41, 5.74) is 0.586. The fraction of sp³-hybridized carbons (Fsp3) is 0.240. The molecule has 196 valence electrons. The van der Waals surface area contributed by atoms with Gasteiger partial charge in [-0.05, 0) is 59.0 Å². The van der Waals surface area contributed by atoms with Gasteiger partial charge >= 0.3 is 6.18 Å². The molecule has 37 heavy (non-hydrogen) atoms. The van der Waals surface area contributed by atoms with Gasteiger partial charge in [0, 0.05) is 13.1 Å². The van der Waals surface area contributed by atoms with Crippen molar-refractivity contribution in [2.24, 2.45) is 0 Å². The lowest BCUT2D eigenvalue weighted by atomic mass is 9.98. The Morgan fingerprint density at radius 3 is 2.32 bits per heavy atom. The molecular formula is C25H20ClF5N2O3S. The van der Waals surface area contributed by atoms with E-state index in [-0.39, 0.29) is 41.5 Å². The van der Waals surface area contributed by atoms with Crippen molar-refractivity contribution in [1.82, 2.24) is 4.31 Å². The molecule has 1 amide bonds. The number of nitrogens with one attached hydrogen (secondary N) is 1. The van der Waals surface area contributed by atoms with Gasteiger partial charge in [0.15, 0.2) is 0 Å². The molecule has 0 saturated carbocycles. The highest BCUT2D eigenvalue weighted by atomic mass is 35.5. The molecule has 0 radical (unpaired) electrons. The summed E-state index contributed by atoms with van der Waals surface area (Å²) in [7, 11) is -3.72. The summed E-state index contributed by atoms with van der Waals surface area (Å²) in [6, 6.07) is 10.6. The van der Waals surface area contributed by atoms with E-state index in [1.165, 1.54) is 34.6 Å². The van der Waals surface area contributed by atoms with E-state index in [0.717, 1.165) is 6.07 Å². The van der Waals surface area contributed by atoms with Crippen molar-refractivity contribution in [3.8, 4) is 0 Å². The topological polar surface area (TPSA) is 66.5 Å². The van der Waals surface area contributed by atoms with Crippen LogP contribution in [0.2, 0.25) is 5.02 Å². The largest absolute Gasteiger partial charge is 0.419 e.